The van der Waals surface area contributed by atoms with Crippen LogP contribution in [0.25, 0.3) is 0 Å². The molecule has 0 amide bonds. The lowest BCUT2D eigenvalue weighted by atomic mass is 9.98. The Kier molecular flexibility index (Phi) is 1.66. The van der Waals surface area contributed by atoms with E-state index < -0.39 is 0 Å². The molecule has 10 heavy (non-hydrogen) atoms. The molecule has 0 aromatic rings. The summed E-state index contributed by atoms with van der Waals surface area (Å²) in [6, 6.07) is 0.806. The predicted octanol–water partition coefficient (Wildman–Crippen LogP) is 0.204. The number of rotatable bonds is 1. The zero-order valence-corrected chi connectivity index (χ0v) is 6.56. The molecular weight excluding hydrogens is 124 g/mol. The molecule has 2 aliphatic rings. The van der Waals surface area contributed by atoms with E-state index in [4.69, 9.17) is 0 Å². The molecule has 1 saturated heterocycles. The Labute approximate surface area is 62.4 Å². The van der Waals surface area contributed by atoms with Crippen LogP contribution in [0.15, 0.2) is 0 Å². The average Bonchev–Trinajstić information content (AvgIpc) is 2.44. The molecule has 2 fully saturated rings. The van der Waals surface area contributed by atoms with Crippen LogP contribution >= 0.6 is 0 Å². The van der Waals surface area contributed by atoms with E-state index in [0.29, 0.717) is 0 Å². The number of hydrogen-bond donors (Lipinski definition) is 2. The third-order valence-corrected chi connectivity index (χ3v) is 3.13. The quantitative estimate of drug-likeness (QED) is 0.544. The van der Waals surface area contributed by atoms with Crippen molar-refractivity contribution in [1.82, 2.24) is 10.6 Å². The largest absolute Gasteiger partial charge is 0.317 e. The Morgan fingerprint density at radius 2 is 2.20 bits per heavy atom. The van der Waals surface area contributed by atoms with Crippen LogP contribution < -0.4 is 10.6 Å². The molecule has 0 radical (unpaired) electrons. The SMILES string of the molecule is CNC1CCC2CNCC21. The van der Waals surface area contributed by atoms with Crippen molar-refractivity contribution in [2.75, 3.05) is 20.1 Å². The van der Waals surface area contributed by atoms with Crippen LogP contribution in [0.5, 0.6) is 0 Å². The highest BCUT2D eigenvalue weighted by atomic mass is 15.0. The number of hydrogen-bond acceptors (Lipinski definition) is 2. The van der Waals surface area contributed by atoms with Gasteiger partial charge in [-0.3, -0.25) is 0 Å². The smallest absolute Gasteiger partial charge is 0.0108 e. The molecule has 0 aromatic heterocycles. The van der Waals surface area contributed by atoms with E-state index in [1.54, 1.807) is 0 Å². The first-order valence-corrected chi connectivity index (χ1v) is 4.30. The normalized spacial score (nSPS) is 45.9. The van der Waals surface area contributed by atoms with Gasteiger partial charge in [-0.05, 0) is 44.8 Å². The molecule has 1 heterocycles. The van der Waals surface area contributed by atoms with Gasteiger partial charge in [0, 0.05) is 6.04 Å². The van der Waals surface area contributed by atoms with Crippen molar-refractivity contribution in [1.29, 1.82) is 0 Å². The van der Waals surface area contributed by atoms with E-state index in [0.717, 1.165) is 17.9 Å². The van der Waals surface area contributed by atoms with Crippen LogP contribution in [0.2, 0.25) is 0 Å². The summed E-state index contributed by atoms with van der Waals surface area (Å²) in [6.07, 6.45) is 2.83. The summed E-state index contributed by atoms with van der Waals surface area (Å²) in [7, 11) is 2.09. The van der Waals surface area contributed by atoms with Crippen molar-refractivity contribution in [2.45, 2.75) is 18.9 Å². The summed E-state index contributed by atoms with van der Waals surface area (Å²) in [5.74, 6) is 1.92. The van der Waals surface area contributed by atoms with E-state index in [9.17, 15) is 0 Å². The molecule has 58 valence electrons. The van der Waals surface area contributed by atoms with Gasteiger partial charge in [0.25, 0.3) is 0 Å². The lowest BCUT2D eigenvalue weighted by Gasteiger charge is -2.15. The lowest BCUT2D eigenvalue weighted by molar-refractivity contribution is 0.410. The van der Waals surface area contributed by atoms with Gasteiger partial charge >= 0.3 is 0 Å². The maximum atomic E-state index is 3.45. The molecule has 2 heteroatoms. The molecule has 2 nitrogen and oxygen atoms in total. The van der Waals surface area contributed by atoms with Crippen LogP contribution in [0.1, 0.15) is 12.8 Å². The zero-order chi connectivity index (χ0) is 6.97. The van der Waals surface area contributed by atoms with Gasteiger partial charge in [-0.2, -0.15) is 0 Å². The standard InChI is InChI=1S/C8H16N2/c1-9-8-3-2-6-4-10-5-7(6)8/h6-10H,2-5H2,1H3. The Hall–Kier alpha value is -0.0800. The summed E-state index contributed by atoms with van der Waals surface area (Å²) in [6.45, 7) is 2.51. The minimum atomic E-state index is 0.806. The van der Waals surface area contributed by atoms with Crippen LogP contribution in [-0.4, -0.2) is 26.2 Å². The summed E-state index contributed by atoms with van der Waals surface area (Å²) in [4.78, 5) is 0. The maximum absolute atomic E-state index is 3.45. The van der Waals surface area contributed by atoms with Crippen LogP contribution in [0, 0.1) is 11.8 Å². The molecular formula is C8H16N2. The van der Waals surface area contributed by atoms with Gasteiger partial charge in [0.1, 0.15) is 0 Å². The van der Waals surface area contributed by atoms with Crippen molar-refractivity contribution >= 4 is 0 Å². The van der Waals surface area contributed by atoms with E-state index in [-0.39, 0.29) is 0 Å². The molecule has 1 aliphatic heterocycles. The highest BCUT2D eigenvalue weighted by Gasteiger charge is 2.37. The third-order valence-electron chi connectivity index (χ3n) is 3.13. The van der Waals surface area contributed by atoms with Crippen molar-refractivity contribution in [2.24, 2.45) is 11.8 Å². The Balaban J connectivity index is 2.01. The molecule has 2 rings (SSSR count). The second-order valence-corrected chi connectivity index (χ2v) is 3.55. The molecule has 1 saturated carbocycles. The molecule has 0 spiro atoms. The van der Waals surface area contributed by atoms with Gasteiger partial charge in [0.05, 0.1) is 0 Å². The fraction of sp³-hybridized carbons (Fsp3) is 1.00. The van der Waals surface area contributed by atoms with Crippen LogP contribution in [0.3, 0.4) is 0 Å². The summed E-state index contributed by atoms with van der Waals surface area (Å²) >= 11 is 0. The van der Waals surface area contributed by atoms with Crippen molar-refractivity contribution in [3.63, 3.8) is 0 Å². The lowest BCUT2D eigenvalue weighted by Crippen LogP contribution is -2.32. The first-order chi connectivity index (χ1) is 4.92. The first kappa shape index (κ1) is 6.62. The number of fused-ring (bicyclic) bond motifs is 1. The minimum Gasteiger partial charge on any atom is -0.317 e. The van der Waals surface area contributed by atoms with Gasteiger partial charge in [-0.1, -0.05) is 0 Å². The van der Waals surface area contributed by atoms with E-state index in [1.807, 2.05) is 0 Å². The van der Waals surface area contributed by atoms with Gasteiger partial charge in [-0.25, -0.2) is 0 Å². The fourth-order valence-electron chi connectivity index (χ4n) is 2.51. The van der Waals surface area contributed by atoms with E-state index >= 15 is 0 Å². The van der Waals surface area contributed by atoms with Crippen molar-refractivity contribution < 1.29 is 0 Å². The second kappa shape index (κ2) is 2.51. The number of nitrogens with one attached hydrogen (secondary N) is 2. The summed E-state index contributed by atoms with van der Waals surface area (Å²) in [5, 5.41) is 6.84. The monoisotopic (exact) mass is 140 g/mol. The highest BCUT2D eigenvalue weighted by Crippen LogP contribution is 2.33. The van der Waals surface area contributed by atoms with Crippen molar-refractivity contribution in [3.05, 3.63) is 0 Å². The topological polar surface area (TPSA) is 24.1 Å². The Morgan fingerprint density at radius 3 is 3.00 bits per heavy atom. The third kappa shape index (κ3) is 0.867. The van der Waals surface area contributed by atoms with E-state index in [1.165, 1.54) is 25.9 Å². The van der Waals surface area contributed by atoms with Gasteiger partial charge < -0.3 is 10.6 Å². The second-order valence-electron chi connectivity index (χ2n) is 3.55. The van der Waals surface area contributed by atoms with Gasteiger partial charge in [-0.15, -0.1) is 0 Å². The maximum Gasteiger partial charge on any atom is 0.0108 e. The average molecular weight is 140 g/mol. The fourth-order valence-corrected chi connectivity index (χ4v) is 2.51. The summed E-state index contributed by atoms with van der Waals surface area (Å²) in [5.41, 5.74) is 0. The Bertz CT molecular complexity index is 124. The zero-order valence-electron chi connectivity index (χ0n) is 6.56. The summed E-state index contributed by atoms with van der Waals surface area (Å²) < 4.78 is 0. The highest BCUT2D eigenvalue weighted by molar-refractivity contribution is 4.94. The molecule has 3 atom stereocenters. The van der Waals surface area contributed by atoms with Crippen LogP contribution in [0.4, 0.5) is 0 Å². The van der Waals surface area contributed by atoms with Gasteiger partial charge in [0.2, 0.25) is 0 Å². The molecule has 3 unspecified atom stereocenters. The first-order valence-electron chi connectivity index (χ1n) is 4.30. The Morgan fingerprint density at radius 1 is 1.30 bits per heavy atom. The molecule has 0 bridgehead atoms. The predicted molar refractivity (Wildman–Crippen MR) is 41.9 cm³/mol. The molecule has 1 aliphatic carbocycles. The van der Waals surface area contributed by atoms with Gasteiger partial charge in [0.15, 0.2) is 0 Å². The molecule has 2 N–H and O–H groups in total. The molecule has 0 aromatic carbocycles. The van der Waals surface area contributed by atoms with Crippen LogP contribution in [-0.2, 0) is 0 Å². The van der Waals surface area contributed by atoms with E-state index in [2.05, 4.69) is 17.7 Å². The van der Waals surface area contributed by atoms with Crippen molar-refractivity contribution in [3.8, 4) is 0 Å². The minimum absolute atomic E-state index is 0.806.